The molecule has 0 aliphatic heterocycles. The van der Waals surface area contributed by atoms with E-state index in [4.69, 9.17) is 11.6 Å². The van der Waals surface area contributed by atoms with Crippen molar-refractivity contribution in [3.05, 3.63) is 29.3 Å². The first kappa shape index (κ1) is 14.2. The summed E-state index contributed by atoms with van der Waals surface area (Å²) in [6.07, 6.45) is 5.44. The van der Waals surface area contributed by atoms with Crippen molar-refractivity contribution in [2.24, 2.45) is 5.92 Å². The Balaban J connectivity index is 1.82. The maximum absolute atomic E-state index is 5.90. The van der Waals surface area contributed by atoms with Crippen LogP contribution in [-0.4, -0.2) is 18.3 Å². The van der Waals surface area contributed by atoms with E-state index in [-0.39, 0.29) is 0 Å². The molecule has 1 fully saturated rings. The average molecular weight is 284 g/mol. The highest BCUT2D eigenvalue weighted by molar-refractivity contribution is 7.99. The number of hydrogen-bond acceptors (Lipinski definition) is 2. The van der Waals surface area contributed by atoms with Crippen molar-refractivity contribution in [3.63, 3.8) is 0 Å². The van der Waals surface area contributed by atoms with E-state index >= 15 is 0 Å². The summed E-state index contributed by atoms with van der Waals surface area (Å²) in [6, 6.07) is 8.86. The highest BCUT2D eigenvalue weighted by Gasteiger charge is 2.26. The molecular weight excluding hydrogens is 262 g/mol. The van der Waals surface area contributed by atoms with Gasteiger partial charge in [-0.25, -0.2) is 0 Å². The normalized spacial score (nSPS) is 17.4. The van der Waals surface area contributed by atoms with Crippen LogP contribution in [0, 0.1) is 5.92 Å². The Hall–Kier alpha value is -0.180. The molecule has 0 aromatic heterocycles. The first-order chi connectivity index (χ1) is 8.79. The Bertz CT molecular complexity index is 348. The van der Waals surface area contributed by atoms with Gasteiger partial charge in [0.15, 0.2) is 0 Å². The second kappa shape index (κ2) is 7.42. The molecule has 1 saturated carbocycles. The topological polar surface area (TPSA) is 12.0 Å². The van der Waals surface area contributed by atoms with Gasteiger partial charge in [0, 0.05) is 21.7 Å². The fourth-order valence-corrected chi connectivity index (χ4v) is 3.47. The number of thioether (sulfide) groups is 1. The molecule has 1 nitrogen and oxygen atoms in total. The SMILES string of the molecule is CCCNC(CSc1ccc(Cl)cc1)C1CCC1. The van der Waals surface area contributed by atoms with E-state index in [0.717, 1.165) is 17.5 Å². The van der Waals surface area contributed by atoms with Crippen molar-refractivity contribution in [2.45, 2.75) is 43.5 Å². The summed E-state index contributed by atoms with van der Waals surface area (Å²) in [4.78, 5) is 1.32. The summed E-state index contributed by atoms with van der Waals surface area (Å²) >= 11 is 7.85. The van der Waals surface area contributed by atoms with Crippen molar-refractivity contribution in [2.75, 3.05) is 12.3 Å². The molecule has 0 amide bonds. The number of nitrogens with one attached hydrogen (secondary N) is 1. The molecular formula is C15H22ClNS. The molecule has 100 valence electrons. The van der Waals surface area contributed by atoms with Crippen LogP contribution in [-0.2, 0) is 0 Å². The minimum Gasteiger partial charge on any atom is -0.313 e. The van der Waals surface area contributed by atoms with E-state index in [2.05, 4.69) is 24.4 Å². The molecule has 1 aromatic rings. The summed E-state index contributed by atoms with van der Waals surface area (Å²) < 4.78 is 0. The van der Waals surface area contributed by atoms with Gasteiger partial charge in [0.25, 0.3) is 0 Å². The maximum atomic E-state index is 5.90. The second-order valence-electron chi connectivity index (χ2n) is 5.02. The van der Waals surface area contributed by atoms with Crippen LogP contribution in [0.15, 0.2) is 29.2 Å². The molecule has 1 unspecified atom stereocenters. The Morgan fingerprint density at radius 2 is 2.06 bits per heavy atom. The smallest absolute Gasteiger partial charge is 0.0406 e. The molecule has 1 atom stereocenters. The number of halogens is 1. The molecule has 3 heteroatoms. The lowest BCUT2D eigenvalue weighted by atomic mass is 9.80. The van der Waals surface area contributed by atoms with Crippen LogP contribution < -0.4 is 5.32 Å². The molecule has 0 radical (unpaired) electrons. The minimum atomic E-state index is 0.680. The van der Waals surface area contributed by atoms with Gasteiger partial charge in [-0.3, -0.25) is 0 Å². The lowest BCUT2D eigenvalue weighted by Crippen LogP contribution is -2.41. The summed E-state index contributed by atoms with van der Waals surface area (Å²) in [5.74, 6) is 2.07. The summed E-state index contributed by atoms with van der Waals surface area (Å²) in [5, 5.41) is 4.52. The average Bonchev–Trinajstić information content (AvgIpc) is 2.32. The quantitative estimate of drug-likeness (QED) is 0.734. The Labute approximate surface area is 120 Å². The standard InChI is InChI=1S/C15H22ClNS/c1-2-10-17-15(12-4-3-5-12)11-18-14-8-6-13(16)7-9-14/h6-9,12,15,17H,2-5,10-11H2,1H3. The summed E-state index contributed by atoms with van der Waals surface area (Å²) in [5.41, 5.74) is 0. The number of benzene rings is 1. The Morgan fingerprint density at radius 1 is 1.33 bits per heavy atom. The molecule has 1 aliphatic carbocycles. The molecule has 0 heterocycles. The predicted molar refractivity (Wildman–Crippen MR) is 81.6 cm³/mol. The second-order valence-corrected chi connectivity index (χ2v) is 6.55. The van der Waals surface area contributed by atoms with Gasteiger partial charge in [-0.1, -0.05) is 24.9 Å². The molecule has 1 aliphatic rings. The van der Waals surface area contributed by atoms with Gasteiger partial charge < -0.3 is 5.32 Å². The van der Waals surface area contributed by atoms with E-state index in [1.54, 1.807) is 0 Å². The third-order valence-corrected chi connectivity index (χ3v) is 5.00. The van der Waals surface area contributed by atoms with Crippen LogP contribution in [0.3, 0.4) is 0 Å². The van der Waals surface area contributed by atoms with Crippen molar-refractivity contribution in [3.8, 4) is 0 Å². The zero-order valence-corrected chi connectivity index (χ0v) is 12.6. The zero-order chi connectivity index (χ0) is 12.8. The molecule has 0 spiro atoms. The fourth-order valence-electron chi connectivity index (χ4n) is 2.25. The van der Waals surface area contributed by atoms with E-state index < -0.39 is 0 Å². The van der Waals surface area contributed by atoms with Crippen LogP contribution in [0.2, 0.25) is 5.02 Å². The highest BCUT2D eigenvalue weighted by Crippen LogP contribution is 2.32. The molecule has 1 aromatic carbocycles. The predicted octanol–water partition coefficient (Wildman–Crippen LogP) is 4.60. The first-order valence-corrected chi connectivity index (χ1v) is 8.27. The Morgan fingerprint density at radius 3 is 2.61 bits per heavy atom. The lowest BCUT2D eigenvalue weighted by Gasteiger charge is -2.34. The third-order valence-electron chi connectivity index (χ3n) is 3.62. The Kier molecular flexibility index (Phi) is 5.87. The van der Waals surface area contributed by atoms with Crippen molar-refractivity contribution < 1.29 is 0 Å². The van der Waals surface area contributed by atoms with Crippen LogP contribution in [0.4, 0.5) is 0 Å². The lowest BCUT2D eigenvalue weighted by molar-refractivity contribution is 0.244. The fraction of sp³-hybridized carbons (Fsp3) is 0.600. The monoisotopic (exact) mass is 283 g/mol. The first-order valence-electron chi connectivity index (χ1n) is 6.91. The van der Waals surface area contributed by atoms with E-state index in [1.807, 2.05) is 23.9 Å². The molecule has 0 saturated heterocycles. The molecule has 0 bridgehead atoms. The van der Waals surface area contributed by atoms with E-state index in [0.29, 0.717) is 6.04 Å². The molecule has 2 rings (SSSR count). The van der Waals surface area contributed by atoms with Crippen molar-refractivity contribution >= 4 is 23.4 Å². The molecule has 1 N–H and O–H groups in total. The minimum absolute atomic E-state index is 0.680. The van der Waals surface area contributed by atoms with E-state index in [1.165, 1.54) is 36.3 Å². The number of hydrogen-bond donors (Lipinski definition) is 1. The van der Waals surface area contributed by atoms with E-state index in [9.17, 15) is 0 Å². The third kappa shape index (κ3) is 4.18. The van der Waals surface area contributed by atoms with Gasteiger partial charge in [0.05, 0.1) is 0 Å². The molecule has 18 heavy (non-hydrogen) atoms. The highest BCUT2D eigenvalue weighted by atomic mass is 35.5. The summed E-state index contributed by atoms with van der Waals surface area (Å²) in [7, 11) is 0. The number of rotatable bonds is 7. The summed E-state index contributed by atoms with van der Waals surface area (Å²) in [6.45, 7) is 3.37. The van der Waals surface area contributed by atoms with Gasteiger partial charge in [0.2, 0.25) is 0 Å². The maximum Gasteiger partial charge on any atom is 0.0406 e. The van der Waals surface area contributed by atoms with Crippen LogP contribution >= 0.6 is 23.4 Å². The van der Waals surface area contributed by atoms with Crippen LogP contribution in [0.5, 0.6) is 0 Å². The largest absolute Gasteiger partial charge is 0.313 e. The van der Waals surface area contributed by atoms with Gasteiger partial charge >= 0.3 is 0 Å². The van der Waals surface area contributed by atoms with Crippen LogP contribution in [0.1, 0.15) is 32.6 Å². The van der Waals surface area contributed by atoms with Crippen molar-refractivity contribution in [1.82, 2.24) is 5.32 Å². The zero-order valence-electron chi connectivity index (χ0n) is 11.0. The van der Waals surface area contributed by atoms with Crippen LogP contribution in [0.25, 0.3) is 0 Å². The van der Waals surface area contributed by atoms with Gasteiger partial charge in [-0.05, 0) is 56.0 Å². The van der Waals surface area contributed by atoms with Gasteiger partial charge in [0.1, 0.15) is 0 Å². The van der Waals surface area contributed by atoms with Gasteiger partial charge in [-0.15, -0.1) is 11.8 Å². The van der Waals surface area contributed by atoms with Crippen molar-refractivity contribution in [1.29, 1.82) is 0 Å². The van der Waals surface area contributed by atoms with Gasteiger partial charge in [-0.2, -0.15) is 0 Å².